The van der Waals surface area contributed by atoms with E-state index in [1.807, 2.05) is 6.21 Å². The minimum atomic E-state index is -0.0417. The van der Waals surface area contributed by atoms with E-state index in [-0.39, 0.29) is 35.2 Å². The number of nitrogens with zero attached hydrogens (tertiary/aromatic N) is 1. The molecular weight excluding hydrogens is 165 g/mol. The summed E-state index contributed by atoms with van der Waals surface area (Å²) in [5.74, 6) is 0. The zero-order valence-electron chi connectivity index (χ0n) is 9.68. The van der Waals surface area contributed by atoms with Gasteiger partial charge in [0.25, 0.3) is 0 Å². The van der Waals surface area contributed by atoms with Gasteiger partial charge in [-0.15, -0.1) is 0 Å². The monoisotopic (exact) mass is 187 g/mol. The second-order valence-electron chi connectivity index (χ2n) is 5.90. The van der Waals surface area contributed by atoms with Crippen LogP contribution < -0.4 is 0 Å². The summed E-state index contributed by atoms with van der Waals surface area (Å²) in [4.78, 5) is 4.67. The van der Waals surface area contributed by atoms with Crippen molar-refractivity contribution in [2.24, 2.45) is 15.8 Å². The van der Waals surface area contributed by atoms with Crippen molar-refractivity contribution < 1.29 is 0 Å². The molecule has 0 fully saturated rings. The number of allylic oxidation sites excluding steroid dienone is 1. The molecule has 0 atom stereocenters. The van der Waals surface area contributed by atoms with Crippen molar-refractivity contribution in [3.63, 3.8) is 0 Å². The Bertz CT molecular complexity index is 222. The van der Waals surface area contributed by atoms with Crippen molar-refractivity contribution in [1.29, 1.82) is 0 Å². The van der Waals surface area contributed by atoms with E-state index in [0.29, 0.717) is 0 Å². The van der Waals surface area contributed by atoms with Crippen LogP contribution in [0.25, 0.3) is 0 Å². The van der Waals surface area contributed by atoms with Gasteiger partial charge in [-0.2, -0.15) is 0 Å². The molecule has 14 heavy (non-hydrogen) atoms. The third kappa shape index (κ3) is 1.99. The van der Waals surface area contributed by atoms with Crippen LogP contribution in [0.4, 0.5) is 0 Å². The fraction of sp³-hybridized carbons (Fsp3) is 0.750. The fourth-order valence-corrected chi connectivity index (χ4v) is 2.40. The Balaban J connectivity index is 0.00000169. The fourth-order valence-electron chi connectivity index (χ4n) is 2.40. The van der Waals surface area contributed by atoms with Crippen LogP contribution in [-0.4, -0.2) is 30.6 Å². The molecule has 1 aliphatic heterocycles. The quantitative estimate of drug-likeness (QED) is 0.517. The van der Waals surface area contributed by atoms with Gasteiger partial charge in [0.1, 0.15) is 0 Å². The summed E-state index contributed by atoms with van der Waals surface area (Å²) in [5, 5.41) is 0. The summed E-state index contributed by atoms with van der Waals surface area (Å²) in [5.41, 5.74) is 0.309. The van der Waals surface area contributed by atoms with Crippen LogP contribution in [0.2, 0.25) is 0 Å². The Morgan fingerprint density at radius 2 is 1.36 bits per heavy atom. The standard InChI is InChI=1S/C12H21N.Li.H/c1-10(2,3)12(11(4,5)6)8-7-9-13-12;;/h7-9H,1-6H3;;. The van der Waals surface area contributed by atoms with E-state index in [9.17, 15) is 0 Å². The second kappa shape index (κ2) is 3.87. The molecule has 0 saturated carbocycles. The third-order valence-corrected chi connectivity index (χ3v) is 2.99. The Kier molecular flexibility index (Phi) is 3.87. The first-order chi connectivity index (χ1) is 5.71. The summed E-state index contributed by atoms with van der Waals surface area (Å²) in [7, 11) is 0. The maximum atomic E-state index is 4.67. The Morgan fingerprint density at radius 3 is 1.50 bits per heavy atom. The second-order valence-corrected chi connectivity index (χ2v) is 5.90. The SMILES string of the molecule is CC(C)(C)C1(C(C)(C)C)C=CC=N1.[LiH]. The van der Waals surface area contributed by atoms with Gasteiger partial charge >= 0.3 is 18.9 Å². The van der Waals surface area contributed by atoms with Gasteiger partial charge in [0.15, 0.2) is 0 Å². The summed E-state index contributed by atoms with van der Waals surface area (Å²) >= 11 is 0. The van der Waals surface area contributed by atoms with Crippen molar-refractivity contribution >= 4 is 25.1 Å². The van der Waals surface area contributed by atoms with Crippen molar-refractivity contribution in [3.05, 3.63) is 12.2 Å². The zero-order chi connectivity index (χ0) is 10.3. The minimum absolute atomic E-state index is 0. The van der Waals surface area contributed by atoms with Crippen LogP contribution in [0.5, 0.6) is 0 Å². The topological polar surface area (TPSA) is 12.4 Å². The first-order valence-electron chi connectivity index (χ1n) is 4.94. The van der Waals surface area contributed by atoms with Gasteiger partial charge < -0.3 is 0 Å². The molecule has 76 valence electrons. The number of hydrogen-bond acceptors (Lipinski definition) is 1. The molecule has 0 aliphatic carbocycles. The molecule has 0 N–H and O–H groups in total. The molecule has 1 nitrogen and oxygen atoms in total. The average Bonchev–Trinajstić information content (AvgIpc) is 2.28. The van der Waals surface area contributed by atoms with Crippen LogP contribution in [0.1, 0.15) is 41.5 Å². The van der Waals surface area contributed by atoms with Gasteiger partial charge in [0.05, 0.1) is 5.54 Å². The van der Waals surface area contributed by atoms with Crippen LogP contribution >= 0.6 is 0 Å². The predicted octanol–water partition coefficient (Wildman–Crippen LogP) is 2.81. The van der Waals surface area contributed by atoms with E-state index in [1.54, 1.807) is 0 Å². The van der Waals surface area contributed by atoms with Crippen molar-refractivity contribution in [1.82, 2.24) is 0 Å². The number of hydrogen-bond donors (Lipinski definition) is 0. The molecule has 1 aliphatic rings. The van der Waals surface area contributed by atoms with Crippen LogP contribution in [0.3, 0.4) is 0 Å². The Morgan fingerprint density at radius 1 is 0.929 bits per heavy atom. The molecule has 0 spiro atoms. The first kappa shape index (κ1) is 14.0. The van der Waals surface area contributed by atoms with E-state index in [0.717, 1.165) is 0 Å². The van der Waals surface area contributed by atoms with Gasteiger partial charge in [-0.05, 0) is 16.9 Å². The summed E-state index contributed by atoms with van der Waals surface area (Å²) < 4.78 is 0. The first-order valence-corrected chi connectivity index (χ1v) is 4.94. The summed E-state index contributed by atoms with van der Waals surface area (Å²) in [6.07, 6.45) is 6.24. The molecule has 0 aromatic heterocycles. The zero-order valence-corrected chi connectivity index (χ0v) is 9.68. The number of rotatable bonds is 0. The third-order valence-electron chi connectivity index (χ3n) is 2.99. The Labute approximate surface area is 100 Å². The van der Waals surface area contributed by atoms with Gasteiger partial charge in [-0.25, -0.2) is 0 Å². The van der Waals surface area contributed by atoms with Crippen molar-refractivity contribution in [2.75, 3.05) is 0 Å². The summed E-state index contributed by atoms with van der Waals surface area (Å²) in [6.45, 7) is 13.5. The van der Waals surface area contributed by atoms with Gasteiger partial charge in [-0.3, -0.25) is 4.99 Å². The van der Waals surface area contributed by atoms with Crippen molar-refractivity contribution in [3.8, 4) is 0 Å². The van der Waals surface area contributed by atoms with Crippen LogP contribution in [0.15, 0.2) is 17.1 Å². The Hall–Kier alpha value is 0.00740. The summed E-state index contributed by atoms with van der Waals surface area (Å²) in [6, 6.07) is 0. The van der Waals surface area contributed by atoms with Crippen molar-refractivity contribution in [2.45, 2.75) is 47.1 Å². The molecule has 0 saturated heterocycles. The molecule has 0 amide bonds. The average molecular weight is 187 g/mol. The molecule has 0 aromatic carbocycles. The normalized spacial score (nSPS) is 19.6. The molecule has 2 heteroatoms. The van der Waals surface area contributed by atoms with E-state index >= 15 is 0 Å². The van der Waals surface area contributed by atoms with Gasteiger partial charge in [-0.1, -0.05) is 47.6 Å². The molecular formula is C12H22LiN. The van der Waals surface area contributed by atoms with E-state index < -0.39 is 0 Å². The molecule has 1 heterocycles. The van der Waals surface area contributed by atoms with E-state index in [2.05, 4.69) is 58.7 Å². The van der Waals surface area contributed by atoms with E-state index in [1.165, 1.54) is 0 Å². The van der Waals surface area contributed by atoms with Gasteiger partial charge in [0, 0.05) is 6.21 Å². The van der Waals surface area contributed by atoms with E-state index in [4.69, 9.17) is 0 Å². The predicted molar refractivity (Wildman–Crippen MR) is 66.4 cm³/mol. The molecule has 0 aromatic rings. The van der Waals surface area contributed by atoms with Crippen LogP contribution in [0, 0.1) is 10.8 Å². The maximum absolute atomic E-state index is 4.67. The molecule has 0 radical (unpaired) electrons. The molecule has 0 bridgehead atoms. The molecule has 1 rings (SSSR count). The number of aliphatic imine (C=N–C) groups is 1. The molecule has 0 unspecified atom stereocenters. The van der Waals surface area contributed by atoms with Gasteiger partial charge in [0.2, 0.25) is 0 Å². The van der Waals surface area contributed by atoms with Crippen LogP contribution in [-0.2, 0) is 0 Å².